The first kappa shape index (κ1) is 9.19. The van der Waals surface area contributed by atoms with Gasteiger partial charge in [0.15, 0.2) is 0 Å². The van der Waals surface area contributed by atoms with Crippen LogP contribution < -0.4 is 5.73 Å². The molecule has 1 unspecified atom stereocenters. The molecular formula is C8H16N4. The molecule has 1 aromatic rings. The fraction of sp³-hybridized carbons (Fsp3) is 0.750. The second-order valence-electron chi connectivity index (χ2n) is 3.12. The third kappa shape index (κ3) is 2.30. The van der Waals surface area contributed by atoms with E-state index in [4.69, 9.17) is 5.73 Å². The zero-order valence-electron chi connectivity index (χ0n) is 7.70. The molecule has 0 spiro atoms. The molecule has 4 nitrogen and oxygen atoms in total. The minimum atomic E-state index is 0.157. The molecule has 0 aliphatic carbocycles. The van der Waals surface area contributed by atoms with Crippen molar-refractivity contribution in [1.82, 2.24) is 14.8 Å². The van der Waals surface area contributed by atoms with Gasteiger partial charge in [-0.3, -0.25) is 0 Å². The number of aromatic nitrogens is 3. The molecule has 68 valence electrons. The highest BCUT2D eigenvalue weighted by molar-refractivity contribution is 4.88. The van der Waals surface area contributed by atoms with Crippen molar-refractivity contribution >= 4 is 0 Å². The number of aryl methyl sites for hydroxylation is 1. The summed E-state index contributed by atoms with van der Waals surface area (Å²) in [7, 11) is 0. The maximum absolute atomic E-state index is 5.67. The molecule has 0 amide bonds. The molecule has 1 aromatic heterocycles. The molecule has 0 bridgehead atoms. The van der Waals surface area contributed by atoms with Crippen LogP contribution >= 0.6 is 0 Å². The Balaban J connectivity index is 2.63. The van der Waals surface area contributed by atoms with Crippen molar-refractivity contribution < 1.29 is 0 Å². The molecule has 0 saturated carbocycles. The molecule has 2 N–H and O–H groups in total. The summed E-state index contributed by atoms with van der Waals surface area (Å²) in [5, 5.41) is 7.86. The van der Waals surface area contributed by atoms with Crippen molar-refractivity contribution in [2.45, 2.75) is 39.3 Å². The van der Waals surface area contributed by atoms with Crippen molar-refractivity contribution in [3.8, 4) is 0 Å². The summed E-state index contributed by atoms with van der Waals surface area (Å²) >= 11 is 0. The van der Waals surface area contributed by atoms with E-state index in [1.165, 1.54) is 0 Å². The Morgan fingerprint density at radius 2 is 2.42 bits per heavy atom. The Kier molecular flexibility index (Phi) is 3.22. The number of hydrogen-bond donors (Lipinski definition) is 1. The van der Waals surface area contributed by atoms with Gasteiger partial charge in [0.1, 0.15) is 12.2 Å². The van der Waals surface area contributed by atoms with Gasteiger partial charge in [0, 0.05) is 19.0 Å². The van der Waals surface area contributed by atoms with Crippen LogP contribution in [0.1, 0.15) is 26.1 Å². The summed E-state index contributed by atoms with van der Waals surface area (Å²) in [5.41, 5.74) is 5.67. The van der Waals surface area contributed by atoms with Crippen LogP contribution in [0.3, 0.4) is 0 Å². The van der Waals surface area contributed by atoms with Gasteiger partial charge >= 0.3 is 0 Å². The maximum Gasteiger partial charge on any atom is 0.134 e. The lowest BCUT2D eigenvalue weighted by Gasteiger charge is -2.06. The van der Waals surface area contributed by atoms with Crippen LogP contribution in [0.5, 0.6) is 0 Å². The van der Waals surface area contributed by atoms with Crippen molar-refractivity contribution in [3.63, 3.8) is 0 Å². The number of nitrogens with two attached hydrogens (primary N) is 1. The Hall–Kier alpha value is -0.900. The Labute approximate surface area is 72.8 Å². The van der Waals surface area contributed by atoms with Crippen molar-refractivity contribution in [2.75, 3.05) is 0 Å². The minimum Gasteiger partial charge on any atom is -0.328 e. The van der Waals surface area contributed by atoms with Crippen LogP contribution in [0, 0.1) is 0 Å². The first-order chi connectivity index (χ1) is 5.74. The topological polar surface area (TPSA) is 56.7 Å². The quantitative estimate of drug-likeness (QED) is 0.715. The van der Waals surface area contributed by atoms with E-state index >= 15 is 0 Å². The highest BCUT2D eigenvalue weighted by Gasteiger charge is 2.04. The molecule has 0 saturated heterocycles. The first-order valence-electron chi connectivity index (χ1n) is 4.36. The average Bonchev–Trinajstić information content (AvgIpc) is 2.37. The van der Waals surface area contributed by atoms with Gasteiger partial charge in [0.05, 0.1) is 0 Å². The van der Waals surface area contributed by atoms with Gasteiger partial charge in [-0.25, -0.2) is 0 Å². The van der Waals surface area contributed by atoms with Crippen LogP contribution in [-0.4, -0.2) is 20.8 Å². The third-order valence-corrected chi connectivity index (χ3v) is 1.66. The molecule has 1 rings (SSSR count). The number of rotatable bonds is 4. The largest absolute Gasteiger partial charge is 0.328 e. The van der Waals surface area contributed by atoms with Gasteiger partial charge in [0.25, 0.3) is 0 Å². The summed E-state index contributed by atoms with van der Waals surface area (Å²) < 4.78 is 2.06. The van der Waals surface area contributed by atoms with Crippen LogP contribution in [0.2, 0.25) is 0 Å². The average molecular weight is 168 g/mol. The molecule has 0 aromatic carbocycles. The first-order valence-corrected chi connectivity index (χ1v) is 4.36. The smallest absolute Gasteiger partial charge is 0.134 e. The fourth-order valence-electron chi connectivity index (χ4n) is 1.15. The van der Waals surface area contributed by atoms with Gasteiger partial charge in [-0.15, -0.1) is 10.2 Å². The summed E-state index contributed by atoms with van der Waals surface area (Å²) in [6, 6.07) is 0.157. The highest BCUT2D eigenvalue weighted by Crippen LogP contribution is 1.99. The second kappa shape index (κ2) is 4.21. The van der Waals surface area contributed by atoms with Crippen LogP contribution in [0.15, 0.2) is 6.33 Å². The molecule has 0 aliphatic heterocycles. The predicted molar refractivity (Wildman–Crippen MR) is 47.7 cm³/mol. The van der Waals surface area contributed by atoms with Crippen molar-refractivity contribution in [3.05, 3.63) is 12.2 Å². The van der Waals surface area contributed by atoms with Gasteiger partial charge in [-0.2, -0.15) is 0 Å². The van der Waals surface area contributed by atoms with E-state index in [0.29, 0.717) is 0 Å². The lowest BCUT2D eigenvalue weighted by atomic mass is 10.2. The molecular weight excluding hydrogens is 152 g/mol. The summed E-state index contributed by atoms with van der Waals surface area (Å²) in [6.45, 7) is 5.09. The molecule has 1 heterocycles. The van der Waals surface area contributed by atoms with Crippen LogP contribution in [0.4, 0.5) is 0 Å². The Morgan fingerprint density at radius 1 is 1.67 bits per heavy atom. The zero-order valence-corrected chi connectivity index (χ0v) is 7.70. The second-order valence-corrected chi connectivity index (χ2v) is 3.12. The monoisotopic (exact) mass is 168 g/mol. The van der Waals surface area contributed by atoms with Crippen LogP contribution in [-0.2, 0) is 13.0 Å². The summed E-state index contributed by atoms with van der Waals surface area (Å²) in [6.07, 6.45) is 3.67. The Morgan fingerprint density at radius 3 is 3.00 bits per heavy atom. The van der Waals surface area contributed by atoms with Gasteiger partial charge in [-0.1, -0.05) is 6.92 Å². The SMILES string of the molecule is CCCn1cnnc1CC(C)N. The van der Waals surface area contributed by atoms with Gasteiger partial charge in [0.2, 0.25) is 0 Å². The van der Waals surface area contributed by atoms with E-state index in [2.05, 4.69) is 21.7 Å². The lowest BCUT2D eigenvalue weighted by molar-refractivity contribution is 0.604. The van der Waals surface area contributed by atoms with Crippen molar-refractivity contribution in [1.29, 1.82) is 0 Å². The fourth-order valence-corrected chi connectivity index (χ4v) is 1.15. The summed E-state index contributed by atoms with van der Waals surface area (Å²) in [4.78, 5) is 0. The molecule has 0 radical (unpaired) electrons. The van der Waals surface area contributed by atoms with E-state index < -0.39 is 0 Å². The predicted octanol–water partition coefficient (Wildman–Crippen LogP) is 0.578. The number of hydrogen-bond acceptors (Lipinski definition) is 3. The molecule has 4 heteroatoms. The molecule has 1 atom stereocenters. The highest BCUT2D eigenvalue weighted by atomic mass is 15.3. The van der Waals surface area contributed by atoms with Gasteiger partial charge in [-0.05, 0) is 13.3 Å². The normalized spacial score (nSPS) is 13.2. The van der Waals surface area contributed by atoms with E-state index in [1.807, 2.05) is 6.92 Å². The lowest BCUT2D eigenvalue weighted by Crippen LogP contribution is -2.20. The van der Waals surface area contributed by atoms with Crippen LogP contribution in [0.25, 0.3) is 0 Å². The van der Waals surface area contributed by atoms with Gasteiger partial charge < -0.3 is 10.3 Å². The molecule has 12 heavy (non-hydrogen) atoms. The maximum atomic E-state index is 5.67. The summed E-state index contributed by atoms with van der Waals surface area (Å²) in [5.74, 6) is 0.992. The van der Waals surface area contributed by atoms with E-state index in [1.54, 1.807) is 6.33 Å². The third-order valence-electron chi connectivity index (χ3n) is 1.66. The molecule has 0 fully saturated rings. The van der Waals surface area contributed by atoms with E-state index in [9.17, 15) is 0 Å². The number of nitrogens with zero attached hydrogens (tertiary/aromatic N) is 3. The standard InChI is InChI=1S/C8H16N4/c1-3-4-12-6-10-11-8(12)5-7(2)9/h6-7H,3-5,9H2,1-2H3. The van der Waals surface area contributed by atoms with E-state index in [0.717, 1.165) is 25.2 Å². The zero-order chi connectivity index (χ0) is 8.97. The minimum absolute atomic E-state index is 0.157. The molecule has 0 aliphatic rings. The van der Waals surface area contributed by atoms with E-state index in [-0.39, 0.29) is 6.04 Å². The van der Waals surface area contributed by atoms with Crippen molar-refractivity contribution in [2.24, 2.45) is 5.73 Å². The Bertz CT molecular complexity index is 229.